The van der Waals surface area contributed by atoms with Gasteiger partial charge in [-0.25, -0.2) is 4.79 Å². The van der Waals surface area contributed by atoms with Gasteiger partial charge in [0, 0.05) is 35.5 Å². The van der Waals surface area contributed by atoms with E-state index in [1.165, 1.54) is 0 Å². The molecule has 1 heterocycles. The second-order valence-corrected chi connectivity index (χ2v) is 7.97. The Morgan fingerprint density at radius 1 is 1.26 bits per heavy atom. The molecular weight excluding hydrogens is 314 g/mol. The molecule has 4 nitrogen and oxygen atoms in total. The van der Waals surface area contributed by atoms with Gasteiger partial charge < -0.3 is 9.64 Å². The molecule has 1 aromatic carbocycles. The van der Waals surface area contributed by atoms with Gasteiger partial charge in [-0.3, -0.25) is 4.79 Å². The van der Waals surface area contributed by atoms with Gasteiger partial charge in [0.15, 0.2) is 5.78 Å². The van der Waals surface area contributed by atoms with Gasteiger partial charge in [-0.15, -0.1) is 0 Å². The molecule has 1 aliphatic carbocycles. The van der Waals surface area contributed by atoms with E-state index >= 15 is 0 Å². The predicted octanol–water partition coefficient (Wildman–Crippen LogP) is 4.20. The number of nitrogens with zero attached hydrogens (tertiary/aromatic N) is 1. The molecule has 1 fully saturated rings. The number of rotatable bonds is 0. The zero-order valence-electron chi connectivity index (χ0n) is 13.8. The molecule has 0 radical (unpaired) electrons. The van der Waals surface area contributed by atoms with E-state index in [0.29, 0.717) is 24.5 Å². The number of ketones is 1. The summed E-state index contributed by atoms with van der Waals surface area (Å²) in [6.45, 7) is 6.81. The van der Waals surface area contributed by atoms with Crippen LogP contribution >= 0.6 is 11.6 Å². The van der Waals surface area contributed by atoms with Crippen LogP contribution in [0.15, 0.2) is 18.2 Å². The first-order chi connectivity index (χ1) is 10.7. The van der Waals surface area contributed by atoms with Crippen LogP contribution in [0.2, 0.25) is 5.02 Å². The molecule has 23 heavy (non-hydrogen) atoms. The van der Waals surface area contributed by atoms with Gasteiger partial charge in [0.1, 0.15) is 5.60 Å². The number of benzene rings is 1. The molecule has 0 atom stereocenters. The Labute approximate surface area is 141 Å². The summed E-state index contributed by atoms with van der Waals surface area (Å²) in [4.78, 5) is 26.2. The topological polar surface area (TPSA) is 46.6 Å². The highest BCUT2D eigenvalue weighted by Gasteiger charge is 2.46. The third kappa shape index (κ3) is 3.09. The lowest BCUT2D eigenvalue weighted by atomic mass is 9.74. The summed E-state index contributed by atoms with van der Waals surface area (Å²) in [6.07, 6.45) is 1.78. The Balaban J connectivity index is 1.76. The monoisotopic (exact) mass is 335 g/mol. The quantitative estimate of drug-likeness (QED) is 0.714. The van der Waals surface area contributed by atoms with Crippen LogP contribution in [-0.2, 0) is 10.2 Å². The number of halogens is 1. The van der Waals surface area contributed by atoms with Crippen LogP contribution in [0.25, 0.3) is 0 Å². The SMILES string of the molecule is CC(C)(C)OC(=O)N1CCC2(CC1)CC(=O)c1ccc(Cl)cc12. The smallest absolute Gasteiger partial charge is 0.410 e. The third-order valence-corrected chi connectivity index (χ3v) is 4.96. The molecule has 5 heteroatoms. The van der Waals surface area contributed by atoms with Crippen LogP contribution in [0.5, 0.6) is 0 Å². The number of carbonyl (C=O) groups excluding carboxylic acids is 2. The van der Waals surface area contributed by atoms with Crippen LogP contribution in [-0.4, -0.2) is 35.5 Å². The number of ether oxygens (including phenoxy) is 1. The van der Waals surface area contributed by atoms with E-state index in [1.807, 2.05) is 32.9 Å². The summed E-state index contributed by atoms with van der Waals surface area (Å²) in [6, 6.07) is 5.52. The van der Waals surface area contributed by atoms with Crippen molar-refractivity contribution in [2.75, 3.05) is 13.1 Å². The molecule has 0 unspecified atom stereocenters. The number of fused-ring (bicyclic) bond motifs is 2. The summed E-state index contributed by atoms with van der Waals surface area (Å²) in [5.74, 6) is 0.183. The maximum absolute atomic E-state index is 12.3. The first kappa shape index (κ1) is 16.3. The van der Waals surface area contributed by atoms with E-state index in [0.717, 1.165) is 24.0 Å². The highest BCUT2D eigenvalue weighted by atomic mass is 35.5. The molecule has 0 aromatic heterocycles. The van der Waals surface area contributed by atoms with Crippen molar-refractivity contribution in [3.63, 3.8) is 0 Å². The molecular formula is C18H22ClNO3. The highest BCUT2D eigenvalue weighted by Crippen LogP contribution is 2.47. The molecule has 1 aliphatic heterocycles. The van der Waals surface area contributed by atoms with Gasteiger partial charge in [0.25, 0.3) is 0 Å². The Morgan fingerprint density at radius 3 is 2.52 bits per heavy atom. The summed E-state index contributed by atoms with van der Waals surface area (Å²) in [5, 5.41) is 0.660. The van der Waals surface area contributed by atoms with Gasteiger partial charge >= 0.3 is 6.09 Å². The minimum Gasteiger partial charge on any atom is -0.444 e. The van der Waals surface area contributed by atoms with E-state index in [4.69, 9.17) is 16.3 Å². The molecule has 1 saturated heterocycles. The Morgan fingerprint density at radius 2 is 1.91 bits per heavy atom. The molecule has 1 aromatic rings. The van der Waals surface area contributed by atoms with Crippen molar-refractivity contribution < 1.29 is 14.3 Å². The summed E-state index contributed by atoms with van der Waals surface area (Å²) >= 11 is 6.13. The van der Waals surface area contributed by atoms with E-state index in [1.54, 1.807) is 11.0 Å². The Kier molecular flexibility index (Phi) is 3.91. The summed E-state index contributed by atoms with van der Waals surface area (Å²) in [7, 11) is 0. The van der Waals surface area contributed by atoms with Crippen LogP contribution < -0.4 is 0 Å². The molecule has 0 saturated carbocycles. The van der Waals surface area contributed by atoms with E-state index in [9.17, 15) is 9.59 Å². The summed E-state index contributed by atoms with van der Waals surface area (Å²) < 4.78 is 5.44. The molecule has 3 rings (SSSR count). The van der Waals surface area contributed by atoms with Gasteiger partial charge in [0.05, 0.1) is 0 Å². The van der Waals surface area contributed by atoms with E-state index < -0.39 is 5.60 Å². The van der Waals surface area contributed by atoms with Gasteiger partial charge in [-0.05, 0) is 57.4 Å². The summed E-state index contributed by atoms with van der Waals surface area (Å²) in [5.41, 5.74) is 1.19. The molecule has 0 bridgehead atoms. The van der Waals surface area contributed by atoms with Crippen LogP contribution in [0.1, 0.15) is 56.0 Å². The number of hydrogen-bond donors (Lipinski definition) is 0. The maximum atomic E-state index is 12.3. The van der Waals surface area contributed by atoms with Crippen molar-refractivity contribution in [1.82, 2.24) is 4.90 Å². The van der Waals surface area contributed by atoms with Gasteiger partial charge in [-0.2, -0.15) is 0 Å². The fourth-order valence-electron chi connectivity index (χ4n) is 3.59. The first-order valence-electron chi connectivity index (χ1n) is 8.01. The standard InChI is InChI=1S/C18H22ClNO3/c1-17(2,3)23-16(22)20-8-6-18(7-9-20)11-15(21)13-5-4-12(19)10-14(13)18/h4-5,10H,6-9,11H2,1-3H3. The van der Waals surface area contributed by atoms with Crippen LogP contribution in [0, 0.1) is 0 Å². The number of carbonyl (C=O) groups is 2. The fraction of sp³-hybridized carbons (Fsp3) is 0.556. The average molecular weight is 336 g/mol. The fourth-order valence-corrected chi connectivity index (χ4v) is 3.76. The first-order valence-corrected chi connectivity index (χ1v) is 8.39. The minimum atomic E-state index is -0.490. The van der Waals surface area contributed by atoms with Crippen molar-refractivity contribution >= 4 is 23.5 Å². The predicted molar refractivity (Wildman–Crippen MR) is 89.1 cm³/mol. The van der Waals surface area contributed by atoms with Crippen LogP contribution in [0.4, 0.5) is 4.79 Å². The van der Waals surface area contributed by atoms with Crippen molar-refractivity contribution in [3.8, 4) is 0 Å². The van der Waals surface area contributed by atoms with Crippen molar-refractivity contribution in [1.29, 1.82) is 0 Å². The number of piperidine rings is 1. The lowest BCUT2D eigenvalue weighted by Crippen LogP contribution is -2.46. The number of likely N-dealkylation sites (tertiary alicyclic amines) is 1. The third-order valence-electron chi connectivity index (χ3n) is 4.72. The Hall–Kier alpha value is -1.55. The van der Waals surface area contributed by atoms with Crippen molar-refractivity contribution in [3.05, 3.63) is 34.3 Å². The molecule has 0 N–H and O–H groups in total. The van der Waals surface area contributed by atoms with Crippen molar-refractivity contribution in [2.45, 2.75) is 51.0 Å². The average Bonchev–Trinajstić information content (AvgIpc) is 2.70. The molecule has 124 valence electrons. The highest BCUT2D eigenvalue weighted by molar-refractivity contribution is 6.30. The van der Waals surface area contributed by atoms with Crippen molar-refractivity contribution in [2.24, 2.45) is 0 Å². The number of Topliss-reactive ketones (excluding diaryl/α,β-unsaturated/α-hetero) is 1. The van der Waals surface area contributed by atoms with E-state index in [-0.39, 0.29) is 17.3 Å². The van der Waals surface area contributed by atoms with Gasteiger partial charge in [-0.1, -0.05) is 11.6 Å². The molecule has 1 amide bonds. The van der Waals surface area contributed by atoms with E-state index in [2.05, 4.69) is 0 Å². The largest absolute Gasteiger partial charge is 0.444 e. The number of hydrogen-bond acceptors (Lipinski definition) is 3. The second kappa shape index (κ2) is 5.52. The molecule has 1 spiro atoms. The Bertz CT molecular complexity index is 655. The minimum absolute atomic E-state index is 0.171. The number of amides is 1. The van der Waals surface area contributed by atoms with Gasteiger partial charge in [0.2, 0.25) is 0 Å². The molecule has 2 aliphatic rings. The normalized spacial score (nSPS) is 19.8. The lowest BCUT2D eigenvalue weighted by molar-refractivity contribution is 0.0166. The zero-order valence-corrected chi connectivity index (χ0v) is 14.6. The lowest BCUT2D eigenvalue weighted by Gasteiger charge is -2.40. The van der Waals surface area contributed by atoms with Crippen LogP contribution in [0.3, 0.4) is 0 Å². The second-order valence-electron chi connectivity index (χ2n) is 7.54. The maximum Gasteiger partial charge on any atom is 0.410 e. The zero-order chi connectivity index (χ0) is 16.8.